The number of carboxylic acid groups (broad SMARTS) is 1. The highest BCUT2D eigenvalue weighted by Crippen LogP contribution is 2.13. The van der Waals surface area contributed by atoms with Crippen LogP contribution >= 0.6 is 0 Å². The first-order valence-electron chi connectivity index (χ1n) is 7.02. The number of hydrogen-bond acceptors (Lipinski definition) is 6. The molecular formula is C15H17N3O5. The summed E-state index contributed by atoms with van der Waals surface area (Å²) in [7, 11) is 0. The van der Waals surface area contributed by atoms with Crippen LogP contribution in [0.25, 0.3) is 0 Å². The molecule has 1 heterocycles. The lowest BCUT2D eigenvalue weighted by Gasteiger charge is -2.07. The summed E-state index contributed by atoms with van der Waals surface area (Å²) < 4.78 is 10.0. The molecule has 0 fully saturated rings. The summed E-state index contributed by atoms with van der Waals surface area (Å²) in [5.74, 6) is 0.235. The topological polar surface area (TPSA) is 115 Å². The second-order valence-corrected chi connectivity index (χ2v) is 4.84. The Morgan fingerprint density at radius 1 is 1.39 bits per heavy atom. The normalized spacial score (nSPS) is 10.3. The number of aryl methyl sites for hydroxylation is 2. The highest BCUT2D eigenvalue weighted by atomic mass is 16.5. The molecule has 0 spiro atoms. The zero-order valence-electron chi connectivity index (χ0n) is 12.6. The molecule has 122 valence electrons. The Bertz CT molecular complexity index is 683. The van der Waals surface area contributed by atoms with Gasteiger partial charge in [0.05, 0.1) is 0 Å². The maximum atomic E-state index is 11.8. The number of aromatic nitrogens is 2. The van der Waals surface area contributed by atoms with E-state index in [-0.39, 0.29) is 12.3 Å². The van der Waals surface area contributed by atoms with Crippen LogP contribution in [-0.4, -0.2) is 33.7 Å². The molecule has 0 radical (unpaired) electrons. The molecule has 0 unspecified atom stereocenters. The third kappa shape index (κ3) is 5.77. The lowest BCUT2D eigenvalue weighted by Crippen LogP contribution is -2.23. The average molecular weight is 319 g/mol. The molecule has 0 aliphatic rings. The lowest BCUT2D eigenvalue weighted by atomic mass is 10.2. The number of ether oxygens (including phenoxy) is 1. The molecular weight excluding hydrogens is 302 g/mol. The number of nitrogens with one attached hydrogen (secondary N) is 1. The number of carbonyl (C=O) groups is 2. The fraction of sp³-hybridized carbons (Fsp3) is 0.333. The summed E-state index contributed by atoms with van der Waals surface area (Å²) in [6.45, 7) is 1.64. The molecule has 1 aromatic carbocycles. The Labute approximate surface area is 132 Å². The number of amides is 1. The zero-order chi connectivity index (χ0) is 16.7. The van der Waals surface area contributed by atoms with E-state index < -0.39 is 12.6 Å². The number of rotatable bonds is 8. The van der Waals surface area contributed by atoms with Gasteiger partial charge in [0.15, 0.2) is 12.4 Å². The van der Waals surface area contributed by atoms with Gasteiger partial charge < -0.3 is 19.7 Å². The largest absolute Gasteiger partial charge is 0.482 e. The fourth-order valence-electron chi connectivity index (χ4n) is 1.84. The summed E-state index contributed by atoms with van der Waals surface area (Å²) >= 11 is 0. The van der Waals surface area contributed by atoms with Crippen LogP contribution in [0.1, 0.15) is 23.7 Å². The summed E-state index contributed by atoms with van der Waals surface area (Å²) in [4.78, 5) is 26.3. The number of nitrogens with zero attached hydrogens (tertiary/aromatic N) is 2. The second-order valence-electron chi connectivity index (χ2n) is 4.84. The molecule has 0 saturated carbocycles. The minimum absolute atomic E-state index is 0.141. The van der Waals surface area contributed by atoms with Crippen molar-refractivity contribution in [3.8, 4) is 5.75 Å². The van der Waals surface area contributed by atoms with Crippen molar-refractivity contribution >= 4 is 11.9 Å². The first-order valence-corrected chi connectivity index (χ1v) is 7.02. The van der Waals surface area contributed by atoms with Gasteiger partial charge in [-0.25, -0.2) is 4.79 Å². The molecule has 8 heteroatoms. The van der Waals surface area contributed by atoms with E-state index in [1.165, 1.54) is 0 Å². The van der Waals surface area contributed by atoms with Gasteiger partial charge in [-0.05, 0) is 24.6 Å². The Hall–Kier alpha value is -2.90. The molecule has 0 aliphatic carbocycles. The van der Waals surface area contributed by atoms with Crippen molar-refractivity contribution in [3.05, 3.63) is 41.5 Å². The minimum Gasteiger partial charge on any atom is -0.482 e. The van der Waals surface area contributed by atoms with Crippen LogP contribution in [0.15, 0.2) is 28.8 Å². The lowest BCUT2D eigenvalue weighted by molar-refractivity contribution is -0.139. The number of carbonyl (C=O) groups excluding carboxylic acids is 1. The van der Waals surface area contributed by atoms with Crippen LogP contribution in [0.3, 0.4) is 0 Å². The maximum Gasteiger partial charge on any atom is 0.341 e. The van der Waals surface area contributed by atoms with Crippen LogP contribution in [0.2, 0.25) is 0 Å². The monoisotopic (exact) mass is 319 g/mol. The first kappa shape index (κ1) is 16.5. The van der Waals surface area contributed by atoms with Gasteiger partial charge >= 0.3 is 5.97 Å². The second kappa shape index (κ2) is 7.92. The predicted octanol–water partition coefficient (Wildman–Crippen LogP) is 1.09. The molecule has 0 aliphatic heterocycles. The third-order valence-corrected chi connectivity index (χ3v) is 2.89. The van der Waals surface area contributed by atoms with E-state index in [0.717, 1.165) is 5.56 Å². The Morgan fingerprint density at radius 2 is 2.22 bits per heavy atom. The van der Waals surface area contributed by atoms with Crippen molar-refractivity contribution in [2.45, 2.75) is 26.3 Å². The van der Waals surface area contributed by atoms with Crippen LogP contribution < -0.4 is 10.1 Å². The number of aliphatic carboxylic acids is 1. The van der Waals surface area contributed by atoms with Crippen LogP contribution in [0.5, 0.6) is 5.75 Å². The molecule has 0 saturated heterocycles. The van der Waals surface area contributed by atoms with Gasteiger partial charge in [-0.1, -0.05) is 17.3 Å². The highest BCUT2D eigenvalue weighted by molar-refractivity contribution is 5.76. The summed E-state index contributed by atoms with van der Waals surface area (Å²) in [6.07, 6.45) is 0.630. The maximum absolute atomic E-state index is 11.8. The van der Waals surface area contributed by atoms with Gasteiger partial charge in [0.2, 0.25) is 11.8 Å². The highest BCUT2D eigenvalue weighted by Gasteiger charge is 2.07. The summed E-state index contributed by atoms with van der Waals surface area (Å²) in [6, 6.07) is 6.89. The molecule has 1 aromatic heterocycles. The predicted molar refractivity (Wildman–Crippen MR) is 78.8 cm³/mol. The van der Waals surface area contributed by atoms with E-state index in [2.05, 4.69) is 15.5 Å². The van der Waals surface area contributed by atoms with Crippen molar-refractivity contribution in [1.29, 1.82) is 0 Å². The Balaban J connectivity index is 1.77. The van der Waals surface area contributed by atoms with Crippen LogP contribution in [-0.2, 0) is 22.6 Å². The first-order chi connectivity index (χ1) is 11.0. The molecule has 8 nitrogen and oxygen atoms in total. The van der Waals surface area contributed by atoms with Gasteiger partial charge in [0.1, 0.15) is 5.75 Å². The van der Waals surface area contributed by atoms with Crippen molar-refractivity contribution in [3.63, 3.8) is 0 Å². The summed E-state index contributed by atoms with van der Waals surface area (Å²) in [5, 5.41) is 15.0. The standard InChI is InChI=1S/C15H17N3O5/c1-10-17-14(23-18-10)6-5-13(19)16-8-11-3-2-4-12(7-11)22-9-15(20)21/h2-4,7H,5-6,8-9H2,1H3,(H,16,19)(H,20,21). The molecule has 1 amide bonds. The molecule has 2 aromatic rings. The van der Waals surface area contributed by atoms with E-state index in [9.17, 15) is 9.59 Å². The van der Waals surface area contributed by atoms with E-state index in [0.29, 0.717) is 30.4 Å². The van der Waals surface area contributed by atoms with E-state index in [1.807, 2.05) is 6.07 Å². The number of carboxylic acids is 1. The molecule has 0 atom stereocenters. The fourth-order valence-corrected chi connectivity index (χ4v) is 1.84. The third-order valence-electron chi connectivity index (χ3n) is 2.89. The molecule has 2 N–H and O–H groups in total. The average Bonchev–Trinajstić information content (AvgIpc) is 2.95. The molecule has 0 bridgehead atoms. The van der Waals surface area contributed by atoms with Gasteiger partial charge in [-0.2, -0.15) is 4.98 Å². The van der Waals surface area contributed by atoms with E-state index in [1.54, 1.807) is 25.1 Å². The molecule has 2 rings (SSSR count). The molecule has 23 heavy (non-hydrogen) atoms. The number of benzene rings is 1. The van der Waals surface area contributed by atoms with Gasteiger partial charge in [0, 0.05) is 19.4 Å². The smallest absolute Gasteiger partial charge is 0.341 e. The van der Waals surface area contributed by atoms with Crippen LogP contribution in [0, 0.1) is 6.92 Å². The van der Waals surface area contributed by atoms with Gasteiger partial charge in [-0.3, -0.25) is 4.79 Å². The van der Waals surface area contributed by atoms with E-state index in [4.69, 9.17) is 14.4 Å². The summed E-state index contributed by atoms with van der Waals surface area (Å²) in [5.41, 5.74) is 0.815. The number of hydrogen-bond donors (Lipinski definition) is 2. The zero-order valence-corrected chi connectivity index (χ0v) is 12.6. The van der Waals surface area contributed by atoms with Gasteiger partial charge in [0.25, 0.3) is 0 Å². The Kier molecular flexibility index (Phi) is 5.67. The van der Waals surface area contributed by atoms with Crippen molar-refractivity contribution < 1.29 is 24.0 Å². The van der Waals surface area contributed by atoms with Crippen LogP contribution in [0.4, 0.5) is 0 Å². The van der Waals surface area contributed by atoms with Crippen molar-refractivity contribution in [2.75, 3.05) is 6.61 Å². The Morgan fingerprint density at radius 3 is 2.91 bits per heavy atom. The van der Waals surface area contributed by atoms with Crippen molar-refractivity contribution in [2.24, 2.45) is 0 Å². The van der Waals surface area contributed by atoms with Crippen molar-refractivity contribution in [1.82, 2.24) is 15.5 Å². The van der Waals surface area contributed by atoms with E-state index >= 15 is 0 Å². The minimum atomic E-state index is -1.04. The SMILES string of the molecule is Cc1noc(CCC(=O)NCc2cccc(OCC(=O)O)c2)n1. The van der Waals surface area contributed by atoms with Gasteiger partial charge in [-0.15, -0.1) is 0 Å². The quantitative estimate of drug-likeness (QED) is 0.748.